The number of hydrogen-bond donors (Lipinski definition) is 0. The van der Waals surface area contributed by atoms with Crippen LogP contribution in [0.25, 0.3) is 0 Å². The van der Waals surface area contributed by atoms with Crippen molar-refractivity contribution in [1.82, 2.24) is 14.8 Å². The van der Waals surface area contributed by atoms with Crippen LogP contribution in [0.5, 0.6) is 0 Å². The molecular weight excluding hydrogens is 330 g/mol. The summed E-state index contributed by atoms with van der Waals surface area (Å²) in [5.41, 5.74) is 1.14. The number of pyridine rings is 1. The van der Waals surface area contributed by atoms with E-state index < -0.39 is 0 Å². The second kappa shape index (κ2) is 6.99. The molecule has 3 saturated heterocycles. The van der Waals surface area contributed by atoms with Crippen molar-refractivity contribution in [2.24, 2.45) is 0 Å². The van der Waals surface area contributed by atoms with E-state index in [0.717, 1.165) is 57.3 Å². The lowest BCUT2D eigenvalue weighted by molar-refractivity contribution is -0.149. The Morgan fingerprint density at radius 2 is 1.81 bits per heavy atom. The third-order valence-electron chi connectivity index (χ3n) is 6.02. The number of aromatic nitrogens is 1. The van der Waals surface area contributed by atoms with Gasteiger partial charge in [0.15, 0.2) is 0 Å². The minimum absolute atomic E-state index is 0.00811. The Bertz CT molecular complexity index is 691. The molecule has 26 heavy (non-hydrogen) atoms. The van der Waals surface area contributed by atoms with E-state index in [4.69, 9.17) is 4.74 Å². The number of hydrogen-bond acceptors (Lipinski definition) is 4. The zero-order valence-electron chi connectivity index (χ0n) is 15.4. The molecule has 6 heteroatoms. The molecule has 1 aromatic heterocycles. The van der Waals surface area contributed by atoms with E-state index in [1.165, 1.54) is 0 Å². The van der Waals surface area contributed by atoms with Crippen LogP contribution < -0.4 is 0 Å². The summed E-state index contributed by atoms with van der Waals surface area (Å²) in [6.07, 6.45) is 5.25. The number of carbonyl (C=O) groups excluding carboxylic acids is 2. The number of rotatable bonds is 2. The fourth-order valence-electron chi connectivity index (χ4n) is 4.44. The van der Waals surface area contributed by atoms with Gasteiger partial charge in [-0.15, -0.1) is 0 Å². The Kier molecular flexibility index (Phi) is 4.69. The first-order valence-corrected chi connectivity index (χ1v) is 9.76. The molecule has 0 bridgehead atoms. The molecule has 140 valence electrons. The van der Waals surface area contributed by atoms with Gasteiger partial charge in [0.05, 0.1) is 5.60 Å². The maximum Gasteiger partial charge on any atom is 0.272 e. The molecule has 6 nitrogen and oxygen atoms in total. The quantitative estimate of drug-likeness (QED) is 0.814. The fraction of sp³-hybridized carbons (Fsp3) is 0.650. The van der Waals surface area contributed by atoms with E-state index in [1.807, 2.05) is 28.9 Å². The summed E-state index contributed by atoms with van der Waals surface area (Å²) in [4.78, 5) is 33.4. The van der Waals surface area contributed by atoms with Crippen molar-refractivity contribution in [2.75, 3.05) is 26.2 Å². The number of piperidine rings is 1. The van der Waals surface area contributed by atoms with Crippen LogP contribution in [0.1, 0.15) is 54.7 Å². The Morgan fingerprint density at radius 1 is 1.08 bits per heavy atom. The zero-order valence-corrected chi connectivity index (χ0v) is 15.4. The highest BCUT2D eigenvalue weighted by Crippen LogP contribution is 2.39. The van der Waals surface area contributed by atoms with Crippen LogP contribution >= 0.6 is 0 Å². The highest BCUT2D eigenvalue weighted by atomic mass is 16.5. The molecule has 3 aliphatic heterocycles. The average Bonchev–Trinajstić information content (AvgIpc) is 3.32. The second-order valence-corrected chi connectivity index (χ2v) is 7.82. The average molecular weight is 357 g/mol. The van der Waals surface area contributed by atoms with Crippen LogP contribution in [0.3, 0.4) is 0 Å². The second-order valence-electron chi connectivity index (χ2n) is 7.82. The van der Waals surface area contributed by atoms with E-state index in [0.29, 0.717) is 18.8 Å². The summed E-state index contributed by atoms with van der Waals surface area (Å²) in [5, 5.41) is 0. The minimum atomic E-state index is -0.284. The third kappa shape index (κ3) is 3.34. The summed E-state index contributed by atoms with van der Waals surface area (Å²) in [6, 6.07) is 5.54. The molecule has 1 aromatic rings. The van der Waals surface area contributed by atoms with Gasteiger partial charge >= 0.3 is 0 Å². The topological polar surface area (TPSA) is 62.7 Å². The van der Waals surface area contributed by atoms with Crippen LogP contribution in [-0.4, -0.2) is 64.5 Å². The van der Waals surface area contributed by atoms with Gasteiger partial charge in [0.1, 0.15) is 11.8 Å². The summed E-state index contributed by atoms with van der Waals surface area (Å²) < 4.78 is 6.27. The van der Waals surface area contributed by atoms with Crippen LogP contribution in [0.15, 0.2) is 18.2 Å². The van der Waals surface area contributed by atoms with E-state index in [-0.39, 0.29) is 23.5 Å². The lowest BCUT2D eigenvalue weighted by Crippen LogP contribution is -2.48. The van der Waals surface area contributed by atoms with Crippen LogP contribution in [0, 0.1) is 6.92 Å². The van der Waals surface area contributed by atoms with Gasteiger partial charge in [-0.25, -0.2) is 4.98 Å². The highest BCUT2D eigenvalue weighted by molar-refractivity contribution is 5.92. The molecule has 0 N–H and O–H groups in total. The van der Waals surface area contributed by atoms with Gasteiger partial charge in [-0.2, -0.15) is 0 Å². The first-order valence-electron chi connectivity index (χ1n) is 9.76. The standard InChI is InChI=1S/C20H27N3O3/c1-15-5-4-6-16(21-15)18(24)23-13-9-20(10-14-23)8-7-17(26-20)19(25)22-11-2-3-12-22/h4-6,17H,2-3,7-14H2,1H3/t17-/m0/s1. The molecule has 4 rings (SSSR count). The van der Waals surface area contributed by atoms with Crippen LogP contribution in [0.4, 0.5) is 0 Å². The smallest absolute Gasteiger partial charge is 0.272 e. The normalized spacial score (nSPS) is 25.0. The van der Waals surface area contributed by atoms with Gasteiger partial charge in [0, 0.05) is 31.9 Å². The third-order valence-corrected chi connectivity index (χ3v) is 6.02. The Morgan fingerprint density at radius 3 is 2.50 bits per heavy atom. The van der Waals surface area contributed by atoms with Crippen molar-refractivity contribution in [3.8, 4) is 0 Å². The van der Waals surface area contributed by atoms with Crippen LogP contribution in [-0.2, 0) is 9.53 Å². The van der Waals surface area contributed by atoms with Gasteiger partial charge < -0.3 is 14.5 Å². The van der Waals surface area contributed by atoms with Crippen molar-refractivity contribution in [3.05, 3.63) is 29.6 Å². The number of ether oxygens (including phenoxy) is 1. The molecule has 1 spiro atoms. The van der Waals surface area contributed by atoms with E-state index in [2.05, 4.69) is 4.98 Å². The van der Waals surface area contributed by atoms with Gasteiger partial charge in [0.25, 0.3) is 11.8 Å². The fourth-order valence-corrected chi connectivity index (χ4v) is 4.44. The largest absolute Gasteiger partial charge is 0.362 e. The molecule has 3 aliphatic rings. The van der Waals surface area contributed by atoms with Crippen molar-refractivity contribution in [1.29, 1.82) is 0 Å². The highest BCUT2D eigenvalue weighted by Gasteiger charge is 2.46. The van der Waals surface area contributed by atoms with Gasteiger partial charge in [-0.1, -0.05) is 6.07 Å². The molecule has 2 amide bonds. The van der Waals surface area contributed by atoms with Gasteiger partial charge in [-0.05, 0) is 57.6 Å². The molecule has 0 saturated carbocycles. The molecule has 0 unspecified atom stereocenters. The van der Waals surface area contributed by atoms with Crippen molar-refractivity contribution >= 4 is 11.8 Å². The Balaban J connectivity index is 1.34. The molecular formula is C20H27N3O3. The first kappa shape index (κ1) is 17.5. The number of carbonyl (C=O) groups is 2. The lowest BCUT2D eigenvalue weighted by Gasteiger charge is -2.39. The van der Waals surface area contributed by atoms with Crippen molar-refractivity contribution < 1.29 is 14.3 Å². The maximum atomic E-state index is 12.7. The van der Waals surface area contributed by atoms with Gasteiger partial charge in [-0.3, -0.25) is 9.59 Å². The van der Waals surface area contributed by atoms with E-state index in [1.54, 1.807) is 6.07 Å². The molecule has 1 atom stereocenters. The minimum Gasteiger partial charge on any atom is -0.362 e. The van der Waals surface area contributed by atoms with Gasteiger partial charge in [0.2, 0.25) is 0 Å². The number of amides is 2. The molecule has 3 fully saturated rings. The molecule has 0 radical (unpaired) electrons. The monoisotopic (exact) mass is 357 g/mol. The van der Waals surface area contributed by atoms with Crippen LogP contribution in [0.2, 0.25) is 0 Å². The predicted octanol–water partition coefficient (Wildman–Crippen LogP) is 2.17. The SMILES string of the molecule is Cc1cccc(C(=O)N2CCC3(CC[C@@H](C(=O)N4CCCC4)O3)CC2)n1. The number of aryl methyl sites for hydroxylation is 1. The Labute approximate surface area is 154 Å². The summed E-state index contributed by atoms with van der Waals surface area (Å²) in [7, 11) is 0. The van der Waals surface area contributed by atoms with Crippen molar-refractivity contribution in [3.63, 3.8) is 0 Å². The summed E-state index contributed by atoms with van der Waals surface area (Å²) in [5.74, 6) is 0.160. The Hall–Kier alpha value is -1.95. The maximum absolute atomic E-state index is 12.7. The molecule has 0 aliphatic carbocycles. The van der Waals surface area contributed by atoms with Crippen molar-refractivity contribution in [2.45, 2.75) is 57.2 Å². The molecule has 0 aromatic carbocycles. The molecule has 4 heterocycles. The van der Waals surface area contributed by atoms with E-state index >= 15 is 0 Å². The lowest BCUT2D eigenvalue weighted by atomic mass is 9.88. The predicted molar refractivity (Wildman–Crippen MR) is 96.8 cm³/mol. The number of likely N-dealkylation sites (tertiary alicyclic amines) is 2. The summed E-state index contributed by atoms with van der Waals surface area (Å²) >= 11 is 0. The zero-order chi connectivity index (χ0) is 18.1. The van der Waals surface area contributed by atoms with E-state index in [9.17, 15) is 9.59 Å². The number of nitrogens with zero attached hydrogens (tertiary/aromatic N) is 3. The first-order chi connectivity index (χ1) is 12.6. The summed E-state index contributed by atoms with van der Waals surface area (Å²) in [6.45, 7) is 4.97.